The quantitative estimate of drug-likeness (QED) is 0.902. The van der Waals surface area contributed by atoms with Crippen LogP contribution in [-0.4, -0.2) is 17.6 Å². The minimum absolute atomic E-state index is 0.184. The second-order valence-electron chi connectivity index (χ2n) is 4.62. The third-order valence-electron chi connectivity index (χ3n) is 3.01. The first-order chi connectivity index (χ1) is 9.58. The van der Waals surface area contributed by atoms with Crippen LogP contribution in [0.25, 0.3) is 0 Å². The molecule has 1 unspecified atom stereocenters. The van der Waals surface area contributed by atoms with E-state index in [0.29, 0.717) is 5.56 Å². The molecule has 0 bridgehead atoms. The van der Waals surface area contributed by atoms with Crippen molar-refractivity contribution in [2.45, 2.75) is 13.0 Å². The number of nitrogens with one attached hydrogen (secondary N) is 1. The van der Waals surface area contributed by atoms with Crippen LogP contribution < -0.4 is 5.32 Å². The molecule has 2 rings (SSSR count). The lowest BCUT2D eigenvalue weighted by Gasteiger charge is -2.13. The molecular formula is C16H16BrNO2. The van der Waals surface area contributed by atoms with Gasteiger partial charge in [0.25, 0.3) is 5.91 Å². The molecule has 20 heavy (non-hydrogen) atoms. The highest BCUT2D eigenvalue weighted by Crippen LogP contribution is 2.18. The maximum atomic E-state index is 12.1. The molecule has 0 saturated heterocycles. The summed E-state index contributed by atoms with van der Waals surface area (Å²) in [6.45, 7) is 2.15. The lowest BCUT2D eigenvalue weighted by molar-refractivity contribution is 0.0915. The molecule has 0 aliphatic rings. The van der Waals surface area contributed by atoms with Gasteiger partial charge in [0.1, 0.15) is 0 Å². The first kappa shape index (κ1) is 14.8. The Morgan fingerprint density at radius 1 is 1.25 bits per heavy atom. The molecule has 0 heterocycles. The molecule has 104 valence electrons. The summed E-state index contributed by atoms with van der Waals surface area (Å²) in [5.74, 6) is -0.202. The minimum atomic E-state index is -0.704. The third kappa shape index (κ3) is 3.68. The number of carbonyl (C=O) groups excluding carboxylic acids is 1. The molecule has 0 saturated carbocycles. The predicted octanol–water partition coefficient (Wildman–Crippen LogP) is 3.22. The standard InChI is InChI=1S/C16H16BrNO2/c1-11-7-8-13(14(17)9-11)16(20)18-10-15(19)12-5-3-2-4-6-12/h2-9,15,19H,10H2,1H3,(H,18,20). The zero-order valence-corrected chi connectivity index (χ0v) is 12.7. The average molecular weight is 334 g/mol. The van der Waals surface area contributed by atoms with Gasteiger partial charge in [0.2, 0.25) is 0 Å². The lowest BCUT2D eigenvalue weighted by atomic mass is 10.1. The first-order valence-electron chi connectivity index (χ1n) is 6.35. The average Bonchev–Trinajstić information content (AvgIpc) is 2.45. The van der Waals surface area contributed by atoms with Crippen LogP contribution in [0.4, 0.5) is 0 Å². The van der Waals surface area contributed by atoms with Gasteiger partial charge in [-0.1, -0.05) is 36.4 Å². The predicted molar refractivity (Wildman–Crippen MR) is 82.6 cm³/mol. The van der Waals surface area contributed by atoms with Gasteiger partial charge < -0.3 is 10.4 Å². The van der Waals surface area contributed by atoms with Gasteiger partial charge in [0, 0.05) is 11.0 Å². The fourth-order valence-corrected chi connectivity index (χ4v) is 2.56. The largest absolute Gasteiger partial charge is 0.387 e. The van der Waals surface area contributed by atoms with Crippen LogP contribution in [0.2, 0.25) is 0 Å². The molecule has 4 heteroatoms. The SMILES string of the molecule is Cc1ccc(C(=O)NCC(O)c2ccccc2)c(Br)c1. The van der Waals surface area contributed by atoms with Gasteiger partial charge >= 0.3 is 0 Å². The summed E-state index contributed by atoms with van der Waals surface area (Å²) in [6, 6.07) is 14.8. The molecule has 1 amide bonds. The van der Waals surface area contributed by atoms with Crippen LogP contribution in [0.15, 0.2) is 53.0 Å². The van der Waals surface area contributed by atoms with Crippen LogP contribution >= 0.6 is 15.9 Å². The van der Waals surface area contributed by atoms with Crippen LogP contribution in [0.5, 0.6) is 0 Å². The van der Waals surface area contributed by atoms with Crippen molar-refractivity contribution in [3.05, 3.63) is 69.7 Å². The van der Waals surface area contributed by atoms with E-state index in [9.17, 15) is 9.90 Å². The summed E-state index contributed by atoms with van der Waals surface area (Å²) >= 11 is 3.38. The van der Waals surface area contributed by atoms with E-state index in [2.05, 4.69) is 21.2 Å². The van der Waals surface area contributed by atoms with Crippen LogP contribution in [0, 0.1) is 6.92 Å². The molecule has 3 nitrogen and oxygen atoms in total. The van der Waals surface area contributed by atoms with Crippen molar-refractivity contribution < 1.29 is 9.90 Å². The molecule has 2 aromatic carbocycles. The summed E-state index contributed by atoms with van der Waals surface area (Å²) in [5.41, 5.74) is 2.43. The minimum Gasteiger partial charge on any atom is -0.387 e. The lowest BCUT2D eigenvalue weighted by Crippen LogP contribution is -2.28. The molecule has 0 aliphatic carbocycles. The maximum absolute atomic E-state index is 12.1. The smallest absolute Gasteiger partial charge is 0.252 e. The van der Waals surface area contributed by atoms with E-state index in [-0.39, 0.29) is 12.5 Å². The third-order valence-corrected chi connectivity index (χ3v) is 3.67. The summed E-state index contributed by atoms with van der Waals surface area (Å²) in [4.78, 5) is 12.1. The Kier molecular flexibility index (Phi) is 4.93. The van der Waals surface area contributed by atoms with Gasteiger partial charge in [-0.25, -0.2) is 0 Å². The van der Waals surface area contributed by atoms with Crippen molar-refractivity contribution in [1.82, 2.24) is 5.32 Å². The number of hydrogen-bond donors (Lipinski definition) is 2. The van der Waals surface area contributed by atoms with E-state index in [1.165, 1.54) is 0 Å². The fraction of sp³-hybridized carbons (Fsp3) is 0.188. The van der Waals surface area contributed by atoms with Crippen LogP contribution in [0.1, 0.15) is 27.6 Å². The topological polar surface area (TPSA) is 49.3 Å². The van der Waals surface area contributed by atoms with E-state index in [1.807, 2.05) is 49.4 Å². The zero-order chi connectivity index (χ0) is 14.5. The van der Waals surface area contributed by atoms with Gasteiger partial charge in [-0.05, 0) is 46.1 Å². The Bertz CT molecular complexity index is 599. The van der Waals surface area contributed by atoms with Crippen LogP contribution in [0.3, 0.4) is 0 Å². The molecule has 2 N–H and O–H groups in total. The Morgan fingerprint density at radius 2 is 1.95 bits per heavy atom. The summed E-state index contributed by atoms with van der Waals surface area (Å²) in [6.07, 6.45) is -0.704. The van der Waals surface area contributed by atoms with Gasteiger partial charge in [-0.3, -0.25) is 4.79 Å². The van der Waals surface area contributed by atoms with Gasteiger partial charge in [-0.2, -0.15) is 0 Å². The Balaban J connectivity index is 1.99. The number of aryl methyl sites for hydroxylation is 1. The maximum Gasteiger partial charge on any atom is 0.252 e. The summed E-state index contributed by atoms with van der Waals surface area (Å²) in [5, 5.41) is 12.7. The number of aliphatic hydroxyl groups excluding tert-OH is 1. The number of carbonyl (C=O) groups is 1. The van der Waals surface area contributed by atoms with E-state index in [4.69, 9.17) is 0 Å². The Morgan fingerprint density at radius 3 is 2.60 bits per heavy atom. The molecule has 2 aromatic rings. The normalized spacial score (nSPS) is 11.9. The monoisotopic (exact) mass is 333 g/mol. The Labute approximate surface area is 126 Å². The van der Waals surface area contributed by atoms with Gasteiger partial charge in [0.15, 0.2) is 0 Å². The van der Waals surface area contributed by atoms with Crippen LogP contribution in [-0.2, 0) is 0 Å². The highest BCUT2D eigenvalue weighted by atomic mass is 79.9. The second-order valence-corrected chi connectivity index (χ2v) is 5.47. The van der Waals surface area contributed by atoms with Gasteiger partial charge in [0.05, 0.1) is 11.7 Å². The van der Waals surface area contributed by atoms with Crippen molar-refractivity contribution in [1.29, 1.82) is 0 Å². The van der Waals surface area contributed by atoms with Crippen molar-refractivity contribution in [3.8, 4) is 0 Å². The number of halogens is 1. The summed E-state index contributed by atoms with van der Waals surface area (Å²) < 4.78 is 0.754. The van der Waals surface area contributed by atoms with Crippen molar-refractivity contribution in [3.63, 3.8) is 0 Å². The molecule has 0 aromatic heterocycles. The summed E-state index contributed by atoms with van der Waals surface area (Å²) in [7, 11) is 0. The number of aliphatic hydroxyl groups is 1. The molecule has 0 fully saturated rings. The number of hydrogen-bond acceptors (Lipinski definition) is 2. The van der Waals surface area contributed by atoms with E-state index >= 15 is 0 Å². The highest BCUT2D eigenvalue weighted by molar-refractivity contribution is 9.10. The molecule has 1 atom stereocenters. The molecule has 0 radical (unpaired) electrons. The second kappa shape index (κ2) is 6.68. The fourth-order valence-electron chi connectivity index (χ4n) is 1.88. The van der Waals surface area contributed by atoms with E-state index in [1.54, 1.807) is 6.07 Å². The van der Waals surface area contributed by atoms with Gasteiger partial charge in [-0.15, -0.1) is 0 Å². The molecule has 0 aliphatic heterocycles. The molecular weight excluding hydrogens is 318 g/mol. The highest BCUT2D eigenvalue weighted by Gasteiger charge is 2.12. The number of amides is 1. The zero-order valence-electron chi connectivity index (χ0n) is 11.1. The first-order valence-corrected chi connectivity index (χ1v) is 7.14. The van der Waals surface area contributed by atoms with Crippen molar-refractivity contribution in [2.75, 3.05) is 6.54 Å². The van der Waals surface area contributed by atoms with E-state index < -0.39 is 6.10 Å². The number of rotatable bonds is 4. The van der Waals surface area contributed by atoms with Crippen molar-refractivity contribution >= 4 is 21.8 Å². The number of benzene rings is 2. The van der Waals surface area contributed by atoms with E-state index in [0.717, 1.165) is 15.6 Å². The molecule has 0 spiro atoms. The van der Waals surface area contributed by atoms with Crippen molar-refractivity contribution in [2.24, 2.45) is 0 Å². The Hall–Kier alpha value is -1.65.